The summed E-state index contributed by atoms with van der Waals surface area (Å²) in [5.74, 6) is 3.68. The molecule has 3 nitrogen and oxygen atoms in total. The van der Waals surface area contributed by atoms with E-state index in [1.165, 1.54) is 50.7 Å². The van der Waals surface area contributed by atoms with Gasteiger partial charge < -0.3 is 10.2 Å². The van der Waals surface area contributed by atoms with Crippen molar-refractivity contribution in [2.24, 2.45) is 11.7 Å². The topological polar surface area (TPSA) is 42.4 Å². The molecule has 0 aromatic carbocycles. The Morgan fingerprint density at radius 3 is 2.48 bits per heavy atom. The summed E-state index contributed by atoms with van der Waals surface area (Å²) in [6.45, 7) is 2.94. The van der Waals surface area contributed by atoms with Crippen LogP contribution in [-0.4, -0.2) is 24.5 Å². The quantitative estimate of drug-likeness (QED) is 0.832. The standard InChI is InChI=1S/C18H30N2O/c1-13-11-15(13)17-9-10-18(21-17)16(12-19)20(2)14-7-5-3-4-6-8-14/h9-10,13-16H,3-8,11-12,19H2,1-2H3. The van der Waals surface area contributed by atoms with Crippen molar-refractivity contribution in [1.82, 2.24) is 4.90 Å². The molecule has 0 bridgehead atoms. The first-order valence-corrected chi connectivity index (χ1v) is 8.72. The van der Waals surface area contributed by atoms with Gasteiger partial charge in [-0.1, -0.05) is 32.6 Å². The predicted octanol–water partition coefficient (Wildman–Crippen LogP) is 4.06. The van der Waals surface area contributed by atoms with E-state index in [4.69, 9.17) is 10.2 Å². The van der Waals surface area contributed by atoms with Crippen molar-refractivity contribution >= 4 is 0 Å². The molecule has 1 aromatic heterocycles. The average molecular weight is 290 g/mol. The minimum atomic E-state index is 0.232. The Balaban J connectivity index is 1.69. The van der Waals surface area contributed by atoms with E-state index in [-0.39, 0.29) is 6.04 Å². The minimum absolute atomic E-state index is 0.232. The fraction of sp³-hybridized carbons (Fsp3) is 0.778. The highest BCUT2D eigenvalue weighted by molar-refractivity contribution is 5.19. The van der Waals surface area contributed by atoms with Gasteiger partial charge in [0.05, 0.1) is 6.04 Å². The van der Waals surface area contributed by atoms with Crippen LogP contribution >= 0.6 is 0 Å². The Hall–Kier alpha value is -0.800. The van der Waals surface area contributed by atoms with Gasteiger partial charge in [0.1, 0.15) is 11.5 Å². The van der Waals surface area contributed by atoms with Crippen molar-refractivity contribution in [3.8, 4) is 0 Å². The van der Waals surface area contributed by atoms with Gasteiger partial charge in [-0.2, -0.15) is 0 Å². The van der Waals surface area contributed by atoms with Crippen LogP contribution in [0, 0.1) is 5.92 Å². The third-order valence-electron chi connectivity index (χ3n) is 5.57. The molecule has 2 fully saturated rings. The lowest BCUT2D eigenvalue weighted by Crippen LogP contribution is -2.38. The van der Waals surface area contributed by atoms with Gasteiger partial charge in [0, 0.05) is 18.5 Å². The van der Waals surface area contributed by atoms with Crippen molar-refractivity contribution in [2.45, 2.75) is 69.9 Å². The zero-order valence-corrected chi connectivity index (χ0v) is 13.6. The highest BCUT2D eigenvalue weighted by atomic mass is 16.3. The molecule has 2 aliphatic rings. The molecule has 0 amide bonds. The Kier molecular flexibility index (Phi) is 4.70. The largest absolute Gasteiger partial charge is 0.464 e. The van der Waals surface area contributed by atoms with E-state index in [0.29, 0.717) is 18.5 Å². The van der Waals surface area contributed by atoms with Crippen LogP contribution in [0.5, 0.6) is 0 Å². The minimum Gasteiger partial charge on any atom is -0.464 e. The molecule has 3 unspecified atom stereocenters. The van der Waals surface area contributed by atoms with E-state index in [2.05, 4.69) is 31.0 Å². The van der Waals surface area contributed by atoms with Crippen LogP contribution in [0.2, 0.25) is 0 Å². The Morgan fingerprint density at radius 2 is 1.90 bits per heavy atom. The number of rotatable bonds is 5. The maximum atomic E-state index is 6.15. The van der Waals surface area contributed by atoms with Gasteiger partial charge in [0.15, 0.2) is 0 Å². The van der Waals surface area contributed by atoms with Crippen LogP contribution in [-0.2, 0) is 0 Å². The lowest BCUT2D eigenvalue weighted by atomic mass is 10.0. The molecule has 0 saturated heterocycles. The molecule has 3 heteroatoms. The Morgan fingerprint density at radius 1 is 1.24 bits per heavy atom. The van der Waals surface area contributed by atoms with E-state index in [1.807, 2.05) is 0 Å². The van der Waals surface area contributed by atoms with E-state index in [9.17, 15) is 0 Å². The molecule has 3 atom stereocenters. The highest BCUT2D eigenvalue weighted by Gasteiger charge is 2.37. The third-order valence-corrected chi connectivity index (χ3v) is 5.57. The lowest BCUT2D eigenvalue weighted by Gasteiger charge is -2.33. The molecule has 2 aliphatic carbocycles. The van der Waals surface area contributed by atoms with Crippen LogP contribution < -0.4 is 5.73 Å². The summed E-state index contributed by atoms with van der Waals surface area (Å²) in [5, 5.41) is 0. The monoisotopic (exact) mass is 290 g/mol. The van der Waals surface area contributed by atoms with E-state index < -0.39 is 0 Å². The van der Waals surface area contributed by atoms with Crippen molar-refractivity contribution in [3.05, 3.63) is 23.7 Å². The molecule has 3 rings (SSSR count). The van der Waals surface area contributed by atoms with Crippen molar-refractivity contribution < 1.29 is 4.42 Å². The van der Waals surface area contributed by atoms with Crippen LogP contribution in [0.25, 0.3) is 0 Å². The first-order chi connectivity index (χ1) is 10.2. The second-order valence-corrected chi connectivity index (χ2v) is 7.12. The average Bonchev–Trinajstić information content (AvgIpc) is 3.13. The molecule has 1 heterocycles. The predicted molar refractivity (Wildman–Crippen MR) is 86.3 cm³/mol. The smallest absolute Gasteiger partial charge is 0.122 e. The summed E-state index contributed by atoms with van der Waals surface area (Å²) in [7, 11) is 2.23. The second kappa shape index (κ2) is 6.53. The fourth-order valence-electron chi connectivity index (χ4n) is 3.87. The zero-order chi connectivity index (χ0) is 14.8. The Labute approximate surface area is 128 Å². The Bertz CT molecular complexity index is 448. The van der Waals surface area contributed by atoms with E-state index in [0.717, 1.165) is 11.7 Å². The summed E-state index contributed by atoms with van der Waals surface area (Å²) < 4.78 is 6.15. The van der Waals surface area contributed by atoms with Crippen molar-refractivity contribution in [2.75, 3.05) is 13.6 Å². The van der Waals surface area contributed by atoms with Crippen molar-refractivity contribution in [1.29, 1.82) is 0 Å². The van der Waals surface area contributed by atoms with Gasteiger partial charge >= 0.3 is 0 Å². The number of hydrogen-bond acceptors (Lipinski definition) is 3. The van der Waals surface area contributed by atoms with Crippen LogP contribution in [0.1, 0.15) is 75.3 Å². The second-order valence-electron chi connectivity index (χ2n) is 7.12. The SMILES string of the molecule is CC1CC1c1ccc(C(CN)N(C)C2CCCCCC2)o1. The number of hydrogen-bond donors (Lipinski definition) is 1. The van der Waals surface area contributed by atoms with Crippen LogP contribution in [0.15, 0.2) is 16.5 Å². The number of likely N-dealkylation sites (N-methyl/N-ethyl adjacent to an activating group) is 1. The van der Waals surface area contributed by atoms with Gasteiger partial charge in [-0.3, -0.25) is 4.90 Å². The lowest BCUT2D eigenvalue weighted by molar-refractivity contribution is 0.143. The molecular weight excluding hydrogens is 260 g/mol. The molecular formula is C18H30N2O. The summed E-state index contributed by atoms with van der Waals surface area (Å²) in [5.41, 5.74) is 6.08. The van der Waals surface area contributed by atoms with Crippen LogP contribution in [0.4, 0.5) is 0 Å². The third kappa shape index (κ3) is 3.35. The number of nitrogens with zero attached hydrogens (tertiary/aromatic N) is 1. The molecule has 21 heavy (non-hydrogen) atoms. The fourth-order valence-corrected chi connectivity index (χ4v) is 3.87. The van der Waals surface area contributed by atoms with Gasteiger partial charge in [-0.15, -0.1) is 0 Å². The van der Waals surface area contributed by atoms with E-state index in [1.54, 1.807) is 0 Å². The van der Waals surface area contributed by atoms with Gasteiger partial charge in [-0.05, 0) is 44.4 Å². The normalized spacial score (nSPS) is 28.6. The summed E-state index contributed by atoms with van der Waals surface area (Å²) >= 11 is 0. The van der Waals surface area contributed by atoms with Gasteiger partial charge in [0.25, 0.3) is 0 Å². The van der Waals surface area contributed by atoms with Gasteiger partial charge in [-0.25, -0.2) is 0 Å². The summed E-state index contributed by atoms with van der Waals surface area (Å²) in [4.78, 5) is 2.48. The molecule has 2 saturated carbocycles. The number of nitrogens with two attached hydrogens (primary N) is 1. The number of furan rings is 1. The first kappa shape index (κ1) is 15.1. The zero-order valence-electron chi connectivity index (χ0n) is 13.6. The van der Waals surface area contributed by atoms with Crippen molar-refractivity contribution in [3.63, 3.8) is 0 Å². The maximum absolute atomic E-state index is 6.15. The highest BCUT2D eigenvalue weighted by Crippen LogP contribution is 2.47. The van der Waals surface area contributed by atoms with Crippen LogP contribution in [0.3, 0.4) is 0 Å². The van der Waals surface area contributed by atoms with Gasteiger partial charge in [0.2, 0.25) is 0 Å². The molecule has 0 radical (unpaired) electrons. The van der Waals surface area contributed by atoms with E-state index >= 15 is 0 Å². The molecule has 0 spiro atoms. The maximum Gasteiger partial charge on any atom is 0.122 e. The molecule has 1 aromatic rings. The molecule has 2 N–H and O–H groups in total. The molecule has 0 aliphatic heterocycles. The summed E-state index contributed by atoms with van der Waals surface area (Å²) in [6.07, 6.45) is 9.38. The molecule has 118 valence electrons. The summed E-state index contributed by atoms with van der Waals surface area (Å²) in [6, 6.07) is 5.23. The first-order valence-electron chi connectivity index (χ1n) is 8.72.